The van der Waals surface area contributed by atoms with E-state index in [1.54, 1.807) is 13.3 Å². The summed E-state index contributed by atoms with van der Waals surface area (Å²) >= 11 is 0. The van der Waals surface area contributed by atoms with Crippen LogP contribution < -0.4 is 10.1 Å². The molecule has 0 fully saturated rings. The van der Waals surface area contributed by atoms with E-state index in [2.05, 4.69) is 20.4 Å². The first kappa shape index (κ1) is 16.7. The molecule has 1 N–H and O–H groups in total. The first-order valence-electron chi connectivity index (χ1n) is 8.33. The highest BCUT2D eigenvalue weighted by atomic mass is 16.5. The summed E-state index contributed by atoms with van der Waals surface area (Å²) in [4.78, 5) is 21.0. The normalized spacial score (nSPS) is 10.7. The van der Waals surface area contributed by atoms with Crippen LogP contribution in [0.4, 0.5) is 5.69 Å². The van der Waals surface area contributed by atoms with Crippen LogP contribution in [0.2, 0.25) is 0 Å². The predicted octanol–water partition coefficient (Wildman–Crippen LogP) is 3.47. The SMILES string of the molecule is COc1ccc(-c2noc(CC(=O)Nc3cccc4cccnc34)n2)cc1. The second-order valence-corrected chi connectivity index (χ2v) is 5.85. The minimum absolute atomic E-state index is 0.0215. The smallest absolute Gasteiger partial charge is 0.236 e. The van der Waals surface area contributed by atoms with E-state index in [0.717, 1.165) is 22.2 Å². The van der Waals surface area contributed by atoms with Crippen molar-refractivity contribution in [2.75, 3.05) is 12.4 Å². The van der Waals surface area contributed by atoms with E-state index < -0.39 is 0 Å². The molecule has 0 saturated heterocycles. The van der Waals surface area contributed by atoms with Gasteiger partial charge in [-0.15, -0.1) is 0 Å². The van der Waals surface area contributed by atoms with Gasteiger partial charge in [-0.05, 0) is 36.4 Å². The highest BCUT2D eigenvalue weighted by Crippen LogP contribution is 2.22. The minimum atomic E-state index is -0.252. The molecule has 0 aliphatic heterocycles. The summed E-state index contributed by atoms with van der Waals surface area (Å²) in [5, 5.41) is 7.74. The highest BCUT2D eigenvalue weighted by Gasteiger charge is 2.14. The first-order chi connectivity index (χ1) is 13.2. The van der Waals surface area contributed by atoms with Gasteiger partial charge >= 0.3 is 0 Å². The molecule has 2 heterocycles. The number of pyridine rings is 1. The largest absolute Gasteiger partial charge is 0.497 e. The van der Waals surface area contributed by atoms with Gasteiger partial charge in [-0.3, -0.25) is 9.78 Å². The molecule has 0 unspecified atom stereocenters. The highest BCUT2D eigenvalue weighted by molar-refractivity contribution is 6.00. The molecule has 7 nitrogen and oxygen atoms in total. The Hall–Kier alpha value is -3.74. The Bertz CT molecular complexity index is 1080. The molecule has 0 aliphatic rings. The van der Waals surface area contributed by atoms with Crippen LogP contribution in [-0.4, -0.2) is 28.1 Å². The zero-order valence-corrected chi connectivity index (χ0v) is 14.5. The Kier molecular flexibility index (Phi) is 4.49. The third-order valence-corrected chi connectivity index (χ3v) is 4.03. The Morgan fingerprint density at radius 2 is 1.93 bits per heavy atom. The maximum atomic E-state index is 12.4. The number of hydrogen-bond acceptors (Lipinski definition) is 6. The Morgan fingerprint density at radius 3 is 2.74 bits per heavy atom. The average Bonchev–Trinajstić information content (AvgIpc) is 3.16. The average molecular weight is 360 g/mol. The molecule has 2 aromatic carbocycles. The number of amides is 1. The van der Waals surface area contributed by atoms with Crippen LogP contribution in [-0.2, 0) is 11.2 Å². The molecule has 0 aliphatic carbocycles. The van der Waals surface area contributed by atoms with Gasteiger partial charge in [0.25, 0.3) is 0 Å². The Labute approximate surface area is 155 Å². The zero-order valence-electron chi connectivity index (χ0n) is 14.5. The van der Waals surface area contributed by atoms with Gasteiger partial charge in [-0.1, -0.05) is 23.4 Å². The molecule has 7 heteroatoms. The number of rotatable bonds is 5. The lowest BCUT2D eigenvalue weighted by Crippen LogP contribution is -2.15. The van der Waals surface area contributed by atoms with Crippen LogP contribution in [0.5, 0.6) is 5.75 Å². The minimum Gasteiger partial charge on any atom is -0.497 e. The third kappa shape index (κ3) is 3.62. The van der Waals surface area contributed by atoms with Crippen LogP contribution in [0.25, 0.3) is 22.3 Å². The van der Waals surface area contributed by atoms with Crippen LogP contribution in [0.15, 0.2) is 65.3 Å². The number of fused-ring (bicyclic) bond motifs is 1. The van der Waals surface area contributed by atoms with E-state index in [4.69, 9.17) is 9.26 Å². The van der Waals surface area contributed by atoms with Gasteiger partial charge in [0.05, 0.1) is 18.3 Å². The summed E-state index contributed by atoms with van der Waals surface area (Å²) in [6.45, 7) is 0. The Morgan fingerprint density at radius 1 is 1.11 bits per heavy atom. The maximum absolute atomic E-state index is 12.4. The number of para-hydroxylation sites is 1. The number of methoxy groups -OCH3 is 1. The number of nitrogens with zero attached hydrogens (tertiary/aromatic N) is 3. The number of hydrogen-bond donors (Lipinski definition) is 1. The lowest BCUT2D eigenvalue weighted by atomic mass is 10.2. The molecule has 0 bridgehead atoms. The van der Waals surface area contributed by atoms with Crippen molar-refractivity contribution in [1.29, 1.82) is 0 Å². The van der Waals surface area contributed by atoms with Gasteiger partial charge in [0.1, 0.15) is 12.2 Å². The van der Waals surface area contributed by atoms with E-state index >= 15 is 0 Å². The van der Waals surface area contributed by atoms with E-state index in [1.165, 1.54) is 0 Å². The summed E-state index contributed by atoms with van der Waals surface area (Å²) in [6.07, 6.45) is 1.67. The number of ether oxygens (including phenoxy) is 1. The number of carbonyl (C=O) groups excluding carboxylic acids is 1. The van der Waals surface area contributed by atoms with E-state index in [9.17, 15) is 4.79 Å². The summed E-state index contributed by atoms with van der Waals surface area (Å²) < 4.78 is 10.3. The summed E-state index contributed by atoms with van der Waals surface area (Å²) in [6, 6.07) is 16.7. The fourth-order valence-corrected chi connectivity index (χ4v) is 2.72. The van der Waals surface area contributed by atoms with Crippen LogP contribution in [0.3, 0.4) is 0 Å². The third-order valence-electron chi connectivity index (χ3n) is 4.03. The number of anilines is 1. The summed E-state index contributed by atoms with van der Waals surface area (Å²) in [5.41, 5.74) is 2.16. The number of nitrogens with one attached hydrogen (secondary N) is 1. The molecule has 4 rings (SSSR count). The quantitative estimate of drug-likeness (QED) is 0.586. The van der Waals surface area contributed by atoms with Crippen molar-refractivity contribution in [2.45, 2.75) is 6.42 Å². The Balaban J connectivity index is 1.47. The molecule has 2 aromatic heterocycles. The molecule has 134 valence electrons. The number of carbonyl (C=O) groups is 1. The number of aromatic nitrogens is 3. The lowest BCUT2D eigenvalue weighted by Gasteiger charge is -2.06. The summed E-state index contributed by atoms with van der Waals surface area (Å²) in [7, 11) is 1.60. The van der Waals surface area contributed by atoms with Crippen LogP contribution >= 0.6 is 0 Å². The van der Waals surface area contributed by atoms with Gasteiger partial charge in [0.15, 0.2) is 0 Å². The monoisotopic (exact) mass is 360 g/mol. The van der Waals surface area contributed by atoms with Crippen molar-refractivity contribution < 1.29 is 14.1 Å². The van der Waals surface area contributed by atoms with Crippen LogP contribution in [0, 0.1) is 0 Å². The zero-order chi connectivity index (χ0) is 18.6. The fraction of sp³-hybridized carbons (Fsp3) is 0.100. The molecule has 0 spiro atoms. The molecule has 4 aromatic rings. The molecule has 1 amide bonds. The van der Waals surface area contributed by atoms with Crippen molar-refractivity contribution in [3.8, 4) is 17.1 Å². The fourth-order valence-electron chi connectivity index (χ4n) is 2.72. The molecule has 0 radical (unpaired) electrons. The van der Waals surface area contributed by atoms with Gasteiger partial charge in [-0.25, -0.2) is 0 Å². The van der Waals surface area contributed by atoms with Gasteiger partial charge < -0.3 is 14.6 Å². The van der Waals surface area contributed by atoms with E-state index in [0.29, 0.717) is 11.5 Å². The number of benzene rings is 2. The topological polar surface area (TPSA) is 90.1 Å². The molecule has 0 saturated carbocycles. The second kappa shape index (κ2) is 7.25. The maximum Gasteiger partial charge on any atom is 0.236 e. The van der Waals surface area contributed by atoms with Gasteiger partial charge in [-0.2, -0.15) is 4.98 Å². The van der Waals surface area contributed by atoms with Gasteiger partial charge in [0, 0.05) is 17.1 Å². The van der Waals surface area contributed by atoms with Crippen molar-refractivity contribution >= 4 is 22.5 Å². The van der Waals surface area contributed by atoms with Crippen molar-refractivity contribution in [3.63, 3.8) is 0 Å². The van der Waals surface area contributed by atoms with Crippen molar-refractivity contribution in [3.05, 3.63) is 66.7 Å². The predicted molar refractivity (Wildman–Crippen MR) is 100 cm³/mol. The van der Waals surface area contributed by atoms with E-state index in [1.807, 2.05) is 54.6 Å². The molecule has 27 heavy (non-hydrogen) atoms. The van der Waals surface area contributed by atoms with Crippen LogP contribution in [0.1, 0.15) is 5.89 Å². The van der Waals surface area contributed by atoms with Gasteiger partial charge in [0.2, 0.25) is 17.6 Å². The van der Waals surface area contributed by atoms with E-state index in [-0.39, 0.29) is 18.2 Å². The standard InChI is InChI=1S/C20H16N4O3/c1-26-15-9-7-14(8-10-15)20-23-18(27-24-20)12-17(25)22-16-6-2-4-13-5-3-11-21-19(13)16/h2-11H,12H2,1H3,(H,22,25). The molecule has 0 atom stereocenters. The molecular formula is C20H16N4O3. The lowest BCUT2D eigenvalue weighted by molar-refractivity contribution is -0.115. The second-order valence-electron chi connectivity index (χ2n) is 5.85. The molecular weight excluding hydrogens is 344 g/mol. The summed E-state index contributed by atoms with van der Waals surface area (Å²) in [5.74, 6) is 1.16. The van der Waals surface area contributed by atoms with Crippen molar-refractivity contribution in [1.82, 2.24) is 15.1 Å². The van der Waals surface area contributed by atoms with Crippen molar-refractivity contribution in [2.24, 2.45) is 0 Å². The first-order valence-corrected chi connectivity index (χ1v) is 8.33.